The maximum absolute atomic E-state index is 7.17. The number of hydrogen-bond donors (Lipinski definition) is 3. The maximum atomic E-state index is 7.17. The molecular formula is H3BCdO4Y+3. The summed E-state index contributed by atoms with van der Waals surface area (Å²) < 4.78 is 0. The van der Waals surface area contributed by atoms with Crippen LogP contribution in [0.25, 0.3) is 0 Å². The van der Waals surface area contributed by atoms with Gasteiger partial charge >= 0.3 is 67.3 Å². The summed E-state index contributed by atoms with van der Waals surface area (Å²) in [6.45, 7) is 0. The van der Waals surface area contributed by atoms with Gasteiger partial charge in [0, 0.05) is 0 Å². The zero-order chi connectivity index (χ0) is 3.58. The van der Waals surface area contributed by atoms with E-state index >= 15 is 0 Å². The first-order valence-corrected chi connectivity index (χ1v) is 0.775. The molecule has 0 saturated heterocycles. The van der Waals surface area contributed by atoms with Crippen molar-refractivity contribution >= 4 is 7.32 Å². The largest absolute Gasteiger partial charge is 3.00 e. The Hall–Kier alpha value is 1.93. The SMILES string of the molecule is OB(O)O.[Cd+2].[O-2].[Y+3]. The van der Waals surface area contributed by atoms with Crippen LogP contribution in [0.3, 0.4) is 0 Å². The molecule has 7 heavy (non-hydrogen) atoms. The van der Waals surface area contributed by atoms with E-state index in [1.54, 1.807) is 0 Å². The summed E-state index contributed by atoms with van der Waals surface area (Å²) >= 11 is 0. The van der Waals surface area contributed by atoms with Gasteiger partial charge in [-0.05, 0) is 0 Å². The molecule has 0 saturated carbocycles. The molecule has 0 aliphatic heterocycles. The van der Waals surface area contributed by atoms with E-state index in [2.05, 4.69) is 0 Å². The third-order valence-corrected chi connectivity index (χ3v) is 0. The van der Waals surface area contributed by atoms with Gasteiger partial charge in [0.2, 0.25) is 0 Å². The molecule has 0 aromatic carbocycles. The molecule has 0 aromatic rings. The molecule has 0 aliphatic carbocycles. The van der Waals surface area contributed by atoms with Gasteiger partial charge < -0.3 is 20.5 Å². The standard InChI is InChI=1S/BH3O3.Cd.O.Y/c2-1(3)4;;;/h2-4H;;;/q;+2;-2;+3. The molecule has 0 radical (unpaired) electrons. The summed E-state index contributed by atoms with van der Waals surface area (Å²) in [5.41, 5.74) is 0. The molecule has 0 spiro atoms. The van der Waals surface area contributed by atoms with Crippen molar-refractivity contribution in [3.8, 4) is 0 Å². The Bertz CT molecular complexity index is 16.4. The van der Waals surface area contributed by atoms with Gasteiger partial charge in [-0.3, -0.25) is 0 Å². The molecule has 0 unspecified atom stereocenters. The topological polar surface area (TPSA) is 89.2 Å². The maximum Gasteiger partial charge on any atom is 3.00 e. The summed E-state index contributed by atoms with van der Waals surface area (Å²) in [7, 11) is -2.17. The van der Waals surface area contributed by atoms with Crippen molar-refractivity contribution in [2.75, 3.05) is 0 Å². The summed E-state index contributed by atoms with van der Waals surface area (Å²) in [4.78, 5) is 0. The Balaban J connectivity index is -0.0000000150. The molecule has 0 bridgehead atoms. The quantitative estimate of drug-likeness (QED) is 0.441. The third-order valence-electron chi connectivity index (χ3n) is 0. The van der Waals surface area contributed by atoms with Crippen molar-refractivity contribution in [3.05, 3.63) is 0 Å². The molecule has 4 nitrogen and oxygen atoms in total. The van der Waals surface area contributed by atoms with E-state index in [1.807, 2.05) is 0 Å². The van der Waals surface area contributed by atoms with Gasteiger partial charge in [0.05, 0.1) is 0 Å². The Morgan fingerprint density at radius 3 is 1.00 bits per heavy atom. The van der Waals surface area contributed by atoms with Gasteiger partial charge in [-0.25, -0.2) is 0 Å². The van der Waals surface area contributed by atoms with E-state index in [0.717, 1.165) is 0 Å². The van der Waals surface area contributed by atoms with Gasteiger partial charge in [-0.1, -0.05) is 0 Å². The van der Waals surface area contributed by atoms with E-state index < -0.39 is 7.32 Å². The molecule has 0 heterocycles. The average Bonchev–Trinajstić information content (AvgIpc) is 0.811. The molecule has 0 rings (SSSR count). The summed E-state index contributed by atoms with van der Waals surface area (Å²) in [6, 6.07) is 0. The van der Waals surface area contributed by atoms with Crippen LogP contribution in [0.15, 0.2) is 0 Å². The van der Waals surface area contributed by atoms with Gasteiger partial charge in [0.15, 0.2) is 0 Å². The molecule has 32 valence electrons. The first-order valence-electron chi connectivity index (χ1n) is 0.775. The van der Waals surface area contributed by atoms with Crippen molar-refractivity contribution in [1.82, 2.24) is 0 Å². The first kappa shape index (κ1) is 23.1. The molecule has 0 atom stereocenters. The van der Waals surface area contributed by atoms with Gasteiger partial charge in [-0.15, -0.1) is 0 Å². The van der Waals surface area contributed by atoms with Crippen molar-refractivity contribution in [2.45, 2.75) is 0 Å². The summed E-state index contributed by atoms with van der Waals surface area (Å²) in [6.07, 6.45) is 0. The van der Waals surface area contributed by atoms with Crippen molar-refractivity contribution in [3.63, 3.8) is 0 Å². The fourth-order valence-corrected chi connectivity index (χ4v) is 0. The summed E-state index contributed by atoms with van der Waals surface area (Å²) in [5.74, 6) is 0. The second kappa shape index (κ2) is 15.7. The zero-order valence-electron chi connectivity index (χ0n) is 3.61. The van der Waals surface area contributed by atoms with Gasteiger partial charge in [-0.2, -0.15) is 0 Å². The molecule has 3 N–H and O–H groups in total. The van der Waals surface area contributed by atoms with E-state index in [1.165, 1.54) is 0 Å². The molecule has 7 heteroatoms. The molecular weight excluding hydrogens is 276 g/mol. The molecule has 0 aromatic heterocycles. The summed E-state index contributed by atoms with van der Waals surface area (Å²) in [5, 5.41) is 21.5. The zero-order valence-corrected chi connectivity index (χ0v) is 10.5. The Kier molecular flexibility index (Phi) is 51.7. The minimum atomic E-state index is -2.17. The van der Waals surface area contributed by atoms with Crippen LogP contribution in [-0.4, -0.2) is 22.4 Å². The van der Waals surface area contributed by atoms with Crippen LogP contribution in [0.1, 0.15) is 0 Å². The molecule has 0 fully saturated rings. The normalized spacial score (nSPS) is 3.86. The smallest absolute Gasteiger partial charge is 2.00 e. The van der Waals surface area contributed by atoms with E-state index in [-0.39, 0.29) is 65.5 Å². The molecule has 0 aliphatic rings. The fraction of sp³-hybridized carbons (Fsp3) is 0. The predicted octanol–water partition coefficient (Wildman–Crippen LogP) is -2.18. The van der Waals surface area contributed by atoms with E-state index in [4.69, 9.17) is 15.1 Å². The first-order chi connectivity index (χ1) is 1.73. The Labute approximate surface area is 86.8 Å². The van der Waals surface area contributed by atoms with Gasteiger partial charge in [0.1, 0.15) is 0 Å². The molecule has 0 amide bonds. The number of hydrogen-bond acceptors (Lipinski definition) is 3. The monoisotopic (exact) mass is 281 g/mol. The van der Waals surface area contributed by atoms with Crippen molar-refractivity contribution < 1.29 is 80.6 Å². The van der Waals surface area contributed by atoms with Gasteiger partial charge in [0.25, 0.3) is 0 Å². The van der Waals surface area contributed by atoms with Crippen LogP contribution < -0.4 is 0 Å². The fourth-order valence-electron chi connectivity index (χ4n) is 0. The third kappa shape index (κ3) is 74.8. The minimum absolute atomic E-state index is 0. The van der Waals surface area contributed by atoms with Crippen LogP contribution >= 0.6 is 0 Å². The Morgan fingerprint density at radius 1 is 1.00 bits per heavy atom. The van der Waals surface area contributed by atoms with E-state index in [9.17, 15) is 0 Å². The van der Waals surface area contributed by atoms with Crippen LogP contribution in [-0.2, 0) is 65.5 Å². The van der Waals surface area contributed by atoms with Crippen LogP contribution in [0, 0.1) is 0 Å². The number of rotatable bonds is 0. The van der Waals surface area contributed by atoms with Crippen molar-refractivity contribution in [2.24, 2.45) is 0 Å². The second-order valence-electron chi connectivity index (χ2n) is 0.346. The minimum Gasteiger partial charge on any atom is -2.00 e. The van der Waals surface area contributed by atoms with Crippen LogP contribution in [0.4, 0.5) is 0 Å². The van der Waals surface area contributed by atoms with Crippen LogP contribution in [0.5, 0.6) is 0 Å². The van der Waals surface area contributed by atoms with Crippen LogP contribution in [0.2, 0.25) is 0 Å². The predicted molar refractivity (Wildman–Crippen MR) is 13.1 cm³/mol. The van der Waals surface area contributed by atoms with Crippen molar-refractivity contribution in [1.29, 1.82) is 0 Å². The second-order valence-corrected chi connectivity index (χ2v) is 0.346. The van der Waals surface area contributed by atoms with E-state index in [0.29, 0.717) is 0 Å². The average molecular weight is 279 g/mol. The Morgan fingerprint density at radius 2 is 1.00 bits per heavy atom.